The quantitative estimate of drug-likeness (QED) is 0.599. The monoisotopic (exact) mass is 279 g/mol. The van der Waals surface area contributed by atoms with Gasteiger partial charge >= 0.3 is 5.97 Å². The van der Waals surface area contributed by atoms with Gasteiger partial charge in [-0.25, -0.2) is 4.39 Å². The number of benzene rings is 1. The predicted octanol–water partition coefficient (Wildman–Crippen LogP) is 1.03. The molecule has 2 rings (SSSR count). The zero-order valence-corrected chi connectivity index (χ0v) is 11.0. The molecule has 1 aliphatic heterocycles. The van der Waals surface area contributed by atoms with Crippen LogP contribution in [0.4, 0.5) is 4.39 Å². The molecule has 0 spiro atoms. The first-order valence-electron chi connectivity index (χ1n) is 6.18. The first kappa shape index (κ1) is 14.2. The van der Waals surface area contributed by atoms with Crippen LogP contribution in [0.15, 0.2) is 24.3 Å². The molecule has 1 aromatic carbocycles. The Balaban J connectivity index is 2.15. The molecule has 1 atom stereocenters. The lowest BCUT2D eigenvalue weighted by atomic mass is 9.96. The first-order chi connectivity index (χ1) is 9.52. The lowest BCUT2D eigenvalue weighted by molar-refractivity contribution is -0.151. The number of Topliss-reactive ketones (excluding diaryl/α,β-unsaturated/α-hetero) is 1. The largest absolute Gasteiger partial charge is 0.468 e. The second kappa shape index (κ2) is 5.81. The van der Waals surface area contributed by atoms with Crippen LogP contribution < -0.4 is 0 Å². The molecule has 0 bridgehead atoms. The summed E-state index contributed by atoms with van der Waals surface area (Å²) >= 11 is 0. The van der Waals surface area contributed by atoms with Gasteiger partial charge in [-0.05, 0) is 18.2 Å². The number of esters is 1. The number of carbonyl (C=O) groups excluding carboxylic acids is 3. The van der Waals surface area contributed by atoms with Gasteiger partial charge in [-0.3, -0.25) is 14.4 Å². The van der Waals surface area contributed by atoms with Crippen LogP contribution in [0.3, 0.4) is 0 Å². The van der Waals surface area contributed by atoms with Crippen molar-refractivity contribution in [2.24, 2.45) is 5.92 Å². The summed E-state index contributed by atoms with van der Waals surface area (Å²) < 4.78 is 17.7. The van der Waals surface area contributed by atoms with Crippen LogP contribution >= 0.6 is 0 Å². The fourth-order valence-electron chi connectivity index (χ4n) is 2.17. The summed E-state index contributed by atoms with van der Waals surface area (Å²) in [7, 11) is 1.20. The van der Waals surface area contributed by atoms with Crippen molar-refractivity contribution in [1.82, 2.24) is 4.90 Å². The van der Waals surface area contributed by atoms with Gasteiger partial charge in [0.05, 0.1) is 7.11 Å². The van der Waals surface area contributed by atoms with Crippen LogP contribution in [-0.2, 0) is 14.3 Å². The van der Waals surface area contributed by atoms with E-state index in [1.165, 1.54) is 30.2 Å². The summed E-state index contributed by atoms with van der Waals surface area (Å²) in [6.45, 7) is 0.197. The Morgan fingerprint density at radius 3 is 2.80 bits per heavy atom. The summed E-state index contributed by atoms with van der Waals surface area (Å²) in [5, 5.41) is 0. The molecular formula is C14H14FNO4. The number of hydrogen-bond acceptors (Lipinski definition) is 4. The van der Waals surface area contributed by atoms with Crippen LogP contribution in [0.1, 0.15) is 16.8 Å². The van der Waals surface area contributed by atoms with Crippen molar-refractivity contribution >= 4 is 17.7 Å². The van der Waals surface area contributed by atoms with Gasteiger partial charge in [0.2, 0.25) is 0 Å². The fraction of sp³-hybridized carbons (Fsp3) is 0.357. The van der Waals surface area contributed by atoms with Gasteiger partial charge in [0, 0.05) is 25.1 Å². The molecule has 0 N–H and O–H groups in total. The van der Waals surface area contributed by atoms with Crippen molar-refractivity contribution in [3.8, 4) is 0 Å². The van der Waals surface area contributed by atoms with Crippen molar-refractivity contribution in [1.29, 1.82) is 0 Å². The number of piperidine rings is 1. The highest BCUT2D eigenvalue weighted by atomic mass is 19.1. The molecule has 0 aliphatic carbocycles. The summed E-state index contributed by atoms with van der Waals surface area (Å²) in [5.74, 6) is -2.74. The number of halogens is 1. The Kier molecular flexibility index (Phi) is 4.12. The normalized spacial score (nSPS) is 18.8. The average molecular weight is 279 g/mol. The summed E-state index contributed by atoms with van der Waals surface area (Å²) in [5.41, 5.74) is 0.197. The number of amides is 1. The molecule has 5 nitrogen and oxygen atoms in total. The Morgan fingerprint density at radius 2 is 2.15 bits per heavy atom. The molecule has 106 valence electrons. The molecule has 1 heterocycles. The number of carbonyl (C=O) groups is 3. The van der Waals surface area contributed by atoms with E-state index in [9.17, 15) is 18.8 Å². The van der Waals surface area contributed by atoms with Crippen LogP contribution in [0, 0.1) is 11.7 Å². The lowest BCUT2D eigenvalue weighted by Crippen LogP contribution is -2.47. The molecular weight excluding hydrogens is 265 g/mol. The van der Waals surface area contributed by atoms with Gasteiger partial charge in [-0.1, -0.05) is 6.07 Å². The number of likely N-dealkylation sites (tertiary alicyclic amines) is 1. The third-order valence-electron chi connectivity index (χ3n) is 3.26. The van der Waals surface area contributed by atoms with E-state index in [0.717, 1.165) is 6.07 Å². The predicted molar refractivity (Wildman–Crippen MR) is 67.4 cm³/mol. The number of hydrogen-bond donors (Lipinski definition) is 0. The highest BCUT2D eigenvalue weighted by Crippen LogP contribution is 2.17. The van der Waals surface area contributed by atoms with E-state index in [1.54, 1.807) is 0 Å². The second-order valence-electron chi connectivity index (χ2n) is 4.55. The Hall–Kier alpha value is -2.24. The molecule has 0 saturated carbocycles. The SMILES string of the molecule is COC(=O)C1CN(C(=O)c2cccc(F)c2)CCC1=O. The number of rotatable bonds is 2. The Morgan fingerprint density at radius 1 is 1.40 bits per heavy atom. The van der Waals surface area contributed by atoms with E-state index >= 15 is 0 Å². The Bertz CT molecular complexity index is 550. The maximum absolute atomic E-state index is 13.1. The molecule has 6 heteroatoms. The van der Waals surface area contributed by atoms with Gasteiger partial charge in [0.15, 0.2) is 5.78 Å². The van der Waals surface area contributed by atoms with Gasteiger partial charge in [-0.15, -0.1) is 0 Å². The van der Waals surface area contributed by atoms with Gasteiger partial charge in [0.25, 0.3) is 5.91 Å². The highest BCUT2D eigenvalue weighted by molar-refractivity contribution is 6.02. The maximum atomic E-state index is 13.1. The van der Waals surface area contributed by atoms with Gasteiger partial charge in [-0.2, -0.15) is 0 Å². The standard InChI is InChI=1S/C14H14FNO4/c1-20-14(19)11-8-16(6-5-12(11)17)13(18)9-3-2-4-10(15)7-9/h2-4,7,11H,5-6,8H2,1H3. The molecule has 1 aromatic rings. The zero-order chi connectivity index (χ0) is 14.7. The second-order valence-corrected chi connectivity index (χ2v) is 4.55. The number of ether oxygens (including phenoxy) is 1. The minimum atomic E-state index is -0.953. The third-order valence-corrected chi connectivity index (χ3v) is 3.26. The minimum absolute atomic E-state index is 0.0269. The topological polar surface area (TPSA) is 63.7 Å². The maximum Gasteiger partial charge on any atom is 0.318 e. The van der Waals surface area contributed by atoms with E-state index in [1.807, 2.05) is 0 Å². The van der Waals surface area contributed by atoms with Crippen molar-refractivity contribution in [3.05, 3.63) is 35.6 Å². The van der Waals surface area contributed by atoms with E-state index in [4.69, 9.17) is 0 Å². The van der Waals surface area contributed by atoms with Crippen molar-refractivity contribution in [3.63, 3.8) is 0 Å². The third kappa shape index (κ3) is 2.84. The molecule has 1 fully saturated rings. The van der Waals surface area contributed by atoms with Crippen LogP contribution in [0.25, 0.3) is 0 Å². The highest BCUT2D eigenvalue weighted by Gasteiger charge is 2.35. The van der Waals surface area contributed by atoms with E-state index in [-0.39, 0.29) is 30.9 Å². The molecule has 1 aliphatic rings. The van der Waals surface area contributed by atoms with Crippen molar-refractivity contribution in [2.45, 2.75) is 6.42 Å². The van der Waals surface area contributed by atoms with E-state index in [0.29, 0.717) is 0 Å². The molecule has 1 saturated heterocycles. The number of ketones is 1. The van der Waals surface area contributed by atoms with Crippen LogP contribution in [-0.4, -0.2) is 42.8 Å². The molecule has 0 aromatic heterocycles. The Labute approximate surface area is 115 Å². The summed E-state index contributed by atoms with van der Waals surface area (Å²) in [4.78, 5) is 36.7. The van der Waals surface area contributed by atoms with E-state index in [2.05, 4.69) is 4.74 Å². The van der Waals surface area contributed by atoms with Crippen LogP contribution in [0.5, 0.6) is 0 Å². The van der Waals surface area contributed by atoms with E-state index < -0.39 is 23.6 Å². The fourth-order valence-corrected chi connectivity index (χ4v) is 2.17. The van der Waals surface area contributed by atoms with Crippen molar-refractivity contribution in [2.75, 3.05) is 20.2 Å². The summed E-state index contributed by atoms with van der Waals surface area (Å²) in [6, 6.07) is 5.31. The molecule has 1 unspecified atom stereocenters. The molecule has 0 radical (unpaired) electrons. The van der Waals surface area contributed by atoms with Gasteiger partial charge < -0.3 is 9.64 Å². The summed E-state index contributed by atoms with van der Waals surface area (Å²) in [6.07, 6.45) is 0.0980. The first-order valence-corrected chi connectivity index (χ1v) is 6.18. The lowest BCUT2D eigenvalue weighted by Gasteiger charge is -2.30. The van der Waals surface area contributed by atoms with Crippen molar-refractivity contribution < 1.29 is 23.5 Å². The molecule has 20 heavy (non-hydrogen) atoms. The zero-order valence-electron chi connectivity index (χ0n) is 11.0. The smallest absolute Gasteiger partial charge is 0.318 e. The average Bonchev–Trinajstić information content (AvgIpc) is 2.46. The molecule has 1 amide bonds. The number of nitrogens with zero attached hydrogens (tertiary/aromatic N) is 1. The van der Waals surface area contributed by atoms with Gasteiger partial charge in [0.1, 0.15) is 11.7 Å². The number of methoxy groups -OCH3 is 1. The van der Waals surface area contributed by atoms with Crippen LogP contribution in [0.2, 0.25) is 0 Å². The minimum Gasteiger partial charge on any atom is -0.468 e.